The SMILES string of the molecule is C[NH2+]c1nc(N)nc2c1[nH]c[n+]2Cc1ccccc1.[Cl-].[Cl-]. The van der Waals surface area contributed by atoms with E-state index in [9.17, 15) is 0 Å². The minimum absolute atomic E-state index is 0. The lowest BCUT2D eigenvalue weighted by molar-refractivity contribution is -0.664. The smallest absolute Gasteiger partial charge is 0.314 e. The summed E-state index contributed by atoms with van der Waals surface area (Å²) in [7, 11) is 1.93. The second-order valence-electron chi connectivity index (χ2n) is 4.34. The second-order valence-corrected chi connectivity index (χ2v) is 4.34. The van der Waals surface area contributed by atoms with E-state index in [4.69, 9.17) is 5.73 Å². The van der Waals surface area contributed by atoms with Crippen molar-refractivity contribution in [3.8, 4) is 0 Å². The summed E-state index contributed by atoms with van der Waals surface area (Å²) < 4.78 is 2.04. The fourth-order valence-electron chi connectivity index (χ4n) is 2.14. The highest BCUT2D eigenvalue weighted by atomic mass is 35.5. The van der Waals surface area contributed by atoms with E-state index in [0.717, 1.165) is 23.5 Å². The van der Waals surface area contributed by atoms with Gasteiger partial charge < -0.3 is 30.5 Å². The molecule has 3 rings (SSSR count). The number of imidazole rings is 1. The maximum Gasteiger partial charge on any atom is 0.314 e. The molecule has 2 heterocycles. The third-order valence-corrected chi connectivity index (χ3v) is 3.04. The number of nitrogens with zero attached hydrogens (tertiary/aromatic N) is 3. The van der Waals surface area contributed by atoms with Crippen LogP contribution in [-0.4, -0.2) is 22.0 Å². The van der Waals surface area contributed by atoms with Gasteiger partial charge in [0.05, 0.1) is 13.6 Å². The molecule has 1 aromatic carbocycles. The highest BCUT2D eigenvalue weighted by molar-refractivity contribution is 5.76. The number of benzene rings is 1. The standard InChI is InChI=1S/C13H14N6.2ClH/c1-15-11-10-12(18-13(14)17-11)19(8-16-10)7-9-5-3-2-4-6-9;;/h2-6,8H,7H2,1H3,(H3,14,15,17,18);2*1H. The highest BCUT2D eigenvalue weighted by Gasteiger charge is 2.20. The first kappa shape index (κ1) is 17.2. The zero-order valence-corrected chi connectivity index (χ0v) is 12.9. The first-order valence-electron chi connectivity index (χ1n) is 6.15. The van der Waals surface area contributed by atoms with Crippen molar-refractivity contribution in [1.29, 1.82) is 0 Å². The van der Waals surface area contributed by atoms with Gasteiger partial charge in [-0.2, -0.15) is 0 Å². The monoisotopic (exact) mass is 326 g/mol. The first-order chi connectivity index (χ1) is 9.28. The molecule has 0 saturated carbocycles. The Hall–Kier alpha value is -1.89. The van der Waals surface area contributed by atoms with E-state index in [-0.39, 0.29) is 24.8 Å². The Morgan fingerprint density at radius 1 is 1.19 bits per heavy atom. The Morgan fingerprint density at radius 3 is 2.57 bits per heavy atom. The maximum absolute atomic E-state index is 5.75. The lowest BCUT2D eigenvalue weighted by Crippen LogP contribution is -3.00. The van der Waals surface area contributed by atoms with Gasteiger partial charge in [0.15, 0.2) is 6.33 Å². The van der Waals surface area contributed by atoms with E-state index in [1.807, 2.05) is 41.5 Å². The summed E-state index contributed by atoms with van der Waals surface area (Å²) in [4.78, 5) is 11.7. The number of fused-ring (bicyclic) bond motifs is 1. The van der Waals surface area contributed by atoms with Crippen LogP contribution in [0.1, 0.15) is 5.56 Å². The fraction of sp³-hybridized carbons (Fsp3) is 0.154. The number of rotatable bonds is 3. The topological polar surface area (TPSA) is 88.1 Å². The quantitative estimate of drug-likeness (QED) is 0.418. The summed E-state index contributed by atoms with van der Waals surface area (Å²) in [5, 5.41) is 1.92. The van der Waals surface area contributed by atoms with Crippen molar-refractivity contribution in [3.63, 3.8) is 0 Å². The molecule has 8 heteroatoms. The minimum Gasteiger partial charge on any atom is -1.00 e. The molecule has 6 nitrogen and oxygen atoms in total. The molecule has 112 valence electrons. The number of quaternary nitrogens is 1. The van der Waals surface area contributed by atoms with E-state index < -0.39 is 0 Å². The van der Waals surface area contributed by atoms with Crippen LogP contribution in [0.25, 0.3) is 11.2 Å². The number of hydrogen-bond acceptors (Lipinski definition) is 3. The number of hydrogen-bond donors (Lipinski definition) is 3. The molecule has 0 spiro atoms. The zero-order valence-electron chi connectivity index (χ0n) is 11.4. The summed E-state index contributed by atoms with van der Waals surface area (Å²) in [6, 6.07) is 10.2. The van der Waals surface area contributed by atoms with Crippen LogP contribution in [-0.2, 0) is 6.54 Å². The highest BCUT2D eigenvalue weighted by Crippen LogP contribution is 2.12. The van der Waals surface area contributed by atoms with Gasteiger partial charge in [0.1, 0.15) is 0 Å². The van der Waals surface area contributed by atoms with E-state index >= 15 is 0 Å². The van der Waals surface area contributed by atoms with Crippen LogP contribution in [0.5, 0.6) is 0 Å². The maximum atomic E-state index is 5.75. The molecule has 0 amide bonds. The largest absolute Gasteiger partial charge is 1.00 e. The first-order valence-corrected chi connectivity index (χ1v) is 6.15. The molecule has 0 atom stereocenters. The van der Waals surface area contributed by atoms with Crippen molar-refractivity contribution in [1.82, 2.24) is 15.0 Å². The van der Waals surface area contributed by atoms with Gasteiger partial charge in [-0.1, -0.05) is 35.3 Å². The molecule has 0 unspecified atom stereocenters. The predicted octanol–water partition coefficient (Wildman–Crippen LogP) is -6.29. The molecule has 0 aliphatic rings. The van der Waals surface area contributed by atoms with Gasteiger partial charge in [-0.3, -0.25) is 10.3 Å². The predicted molar refractivity (Wildman–Crippen MR) is 71.5 cm³/mol. The van der Waals surface area contributed by atoms with Crippen molar-refractivity contribution in [2.75, 3.05) is 12.8 Å². The minimum atomic E-state index is 0. The number of nitrogens with one attached hydrogen (secondary N) is 1. The average Bonchev–Trinajstić information content (AvgIpc) is 2.82. The molecule has 0 fully saturated rings. The lowest BCUT2D eigenvalue weighted by atomic mass is 10.2. The van der Waals surface area contributed by atoms with Crippen LogP contribution >= 0.6 is 0 Å². The fourth-order valence-corrected chi connectivity index (χ4v) is 2.14. The van der Waals surface area contributed by atoms with Gasteiger partial charge in [-0.15, -0.1) is 4.98 Å². The zero-order chi connectivity index (χ0) is 13.2. The second kappa shape index (κ2) is 7.21. The molecule has 2 aromatic heterocycles. The Morgan fingerprint density at radius 2 is 1.90 bits per heavy atom. The molecule has 0 radical (unpaired) electrons. The summed E-state index contributed by atoms with van der Waals surface area (Å²) in [6.07, 6.45) is 1.90. The van der Waals surface area contributed by atoms with Gasteiger partial charge in [0.2, 0.25) is 0 Å². The van der Waals surface area contributed by atoms with E-state index in [2.05, 4.69) is 27.1 Å². The van der Waals surface area contributed by atoms with Crippen molar-refractivity contribution in [2.45, 2.75) is 6.54 Å². The number of H-pyrrole nitrogens is 1. The average molecular weight is 327 g/mol. The molecule has 21 heavy (non-hydrogen) atoms. The summed E-state index contributed by atoms with van der Waals surface area (Å²) in [6.45, 7) is 0.750. The van der Waals surface area contributed by atoms with E-state index in [1.165, 1.54) is 5.56 Å². The molecular formula is C13H16Cl2N6. The number of nitrogen functional groups attached to an aromatic ring is 1. The van der Waals surface area contributed by atoms with Crippen LogP contribution < -0.4 is 40.4 Å². The molecule has 3 aromatic rings. The molecule has 0 bridgehead atoms. The number of aromatic amines is 1. The molecule has 0 saturated heterocycles. The van der Waals surface area contributed by atoms with Crippen molar-refractivity contribution < 1.29 is 34.7 Å². The van der Waals surface area contributed by atoms with Crippen LogP contribution in [0, 0.1) is 0 Å². The molecule has 0 aliphatic carbocycles. The van der Waals surface area contributed by atoms with Crippen molar-refractivity contribution in [3.05, 3.63) is 42.2 Å². The van der Waals surface area contributed by atoms with E-state index in [1.54, 1.807) is 0 Å². The Kier molecular flexibility index (Phi) is 5.90. The molecular weight excluding hydrogens is 311 g/mol. The van der Waals surface area contributed by atoms with Crippen LogP contribution in [0.3, 0.4) is 0 Å². The number of aromatic nitrogens is 4. The summed E-state index contributed by atoms with van der Waals surface area (Å²) in [5.41, 5.74) is 8.70. The number of halogens is 2. The van der Waals surface area contributed by atoms with Gasteiger partial charge in [0.25, 0.3) is 11.3 Å². The third-order valence-electron chi connectivity index (χ3n) is 3.04. The van der Waals surface area contributed by atoms with Gasteiger partial charge in [-0.25, -0.2) is 4.57 Å². The van der Waals surface area contributed by atoms with Crippen LogP contribution in [0.15, 0.2) is 36.7 Å². The lowest BCUT2D eigenvalue weighted by Gasteiger charge is -1.98. The Bertz CT molecular complexity index is 713. The van der Waals surface area contributed by atoms with Gasteiger partial charge in [-0.05, 0) is 5.56 Å². The van der Waals surface area contributed by atoms with Gasteiger partial charge >= 0.3 is 11.6 Å². The summed E-state index contributed by atoms with van der Waals surface area (Å²) in [5.74, 6) is 1.12. The van der Waals surface area contributed by atoms with Crippen LogP contribution in [0.2, 0.25) is 0 Å². The Labute approximate surface area is 134 Å². The molecule has 0 aliphatic heterocycles. The molecule has 5 N–H and O–H groups in total. The van der Waals surface area contributed by atoms with Crippen molar-refractivity contribution >= 4 is 22.9 Å². The van der Waals surface area contributed by atoms with Crippen molar-refractivity contribution in [2.24, 2.45) is 0 Å². The van der Waals surface area contributed by atoms with Gasteiger partial charge in [0, 0.05) is 0 Å². The number of anilines is 1. The van der Waals surface area contributed by atoms with Crippen LogP contribution in [0.4, 0.5) is 11.8 Å². The summed E-state index contributed by atoms with van der Waals surface area (Å²) >= 11 is 0. The third kappa shape index (κ3) is 3.41. The normalized spacial score (nSPS) is 9.95. The Balaban J connectivity index is 0.00000110. The van der Waals surface area contributed by atoms with E-state index in [0.29, 0.717) is 5.95 Å². The number of nitrogens with two attached hydrogens (primary N) is 2.